The van der Waals surface area contributed by atoms with E-state index in [9.17, 15) is 14.7 Å². The number of carboxylic acids is 1. The number of aryl methyl sites for hydroxylation is 2. The van der Waals surface area contributed by atoms with Crippen LogP contribution in [0.1, 0.15) is 56.2 Å². The molecule has 1 aliphatic carbocycles. The van der Waals surface area contributed by atoms with Gasteiger partial charge in [-0.25, -0.2) is 14.6 Å². The summed E-state index contributed by atoms with van der Waals surface area (Å²) >= 11 is 0. The molecule has 1 atom stereocenters. The summed E-state index contributed by atoms with van der Waals surface area (Å²) in [4.78, 5) is 33.3. The van der Waals surface area contributed by atoms with E-state index < -0.39 is 12.0 Å². The van der Waals surface area contributed by atoms with E-state index in [2.05, 4.69) is 27.7 Å². The van der Waals surface area contributed by atoms with E-state index in [4.69, 9.17) is 9.72 Å². The molecular formula is C30H43N5O4. The molecule has 2 heterocycles. The van der Waals surface area contributed by atoms with Crippen molar-refractivity contribution < 1.29 is 19.4 Å². The molecule has 2 aliphatic rings. The summed E-state index contributed by atoms with van der Waals surface area (Å²) in [5.41, 5.74) is 2.40. The van der Waals surface area contributed by atoms with Crippen LogP contribution in [0, 0.1) is 0 Å². The van der Waals surface area contributed by atoms with Crippen LogP contribution in [0.3, 0.4) is 0 Å². The number of carboxylic acid groups (broad SMARTS) is 1. The second kappa shape index (κ2) is 14.7. The van der Waals surface area contributed by atoms with Gasteiger partial charge in [-0.1, -0.05) is 24.3 Å². The molecule has 2 amide bonds. The van der Waals surface area contributed by atoms with E-state index >= 15 is 0 Å². The Morgan fingerprint density at radius 2 is 1.92 bits per heavy atom. The highest BCUT2D eigenvalue weighted by Crippen LogP contribution is 2.23. The van der Waals surface area contributed by atoms with E-state index in [0.29, 0.717) is 26.1 Å². The van der Waals surface area contributed by atoms with Crippen molar-refractivity contribution >= 4 is 17.8 Å². The largest absolute Gasteiger partial charge is 0.492 e. The maximum atomic E-state index is 12.6. The number of benzene rings is 1. The molecule has 0 radical (unpaired) electrons. The zero-order valence-electron chi connectivity index (χ0n) is 23.1. The number of unbranched alkanes of at least 4 members (excludes halogenated alkanes) is 1. The Morgan fingerprint density at radius 1 is 1.10 bits per heavy atom. The molecule has 0 bridgehead atoms. The molecule has 0 unspecified atom stereocenters. The minimum Gasteiger partial charge on any atom is -0.492 e. The number of anilines is 1. The van der Waals surface area contributed by atoms with Crippen LogP contribution in [0.15, 0.2) is 42.5 Å². The van der Waals surface area contributed by atoms with Crippen LogP contribution in [0.4, 0.5) is 10.6 Å². The van der Waals surface area contributed by atoms with Crippen LogP contribution in [0.5, 0.6) is 5.75 Å². The first-order valence-corrected chi connectivity index (χ1v) is 14.4. The molecule has 9 nitrogen and oxygen atoms in total. The number of carbonyl (C=O) groups excluding carboxylic acids is 1. The lowest BCUT2D eigenvalue weighted by Gasteiger charge is -2.35. The van der Waals surface area contributed by atoms with Crippen LogP contribution in [0.25, 0.3) is 0 Å². The van der Waals surface area contributed by atoms with Crippen LogP contribution in [0.2, 0.25) is 0 Å². The van der Waals surface area contributed by atoms with E-state index in [0.717, 1.165) is 81.7 Å². The van der Waals surface area contributed by atoms with Crippen LogP contribution < -0.4 is 15.4 Å². The SMILES string of the molecule is CN(C(=O)N[C@@H](CCN(CCCCc1ccc2c(n1)NCCC2)CCOc1ccccc1)C(=O)O)C1CCC1. The molecule has 9 heteroatoms. The molecule has 212 valence electrons. The van der Waals surface area contributed by atoms with Gasteiger partial charge in [0.2, 0.25) is 0 Å². The molecule has 3 N–H and O–H groups in total. The second-order valence-corrected chi connectivity index (χ2v) is 10.6. The van der Waals surface area contributed by atoms with Crippen LogP contribution in [-0.4, -0.2) is 83.8 Å². The third-order valence-corrected chi connectivity index (χ3v) is 7.80. The number of pyridine rings is 1. The van der Waals surface area contributed by atoms with Gasteiger partial charge < -0.3 is 25.4 Å². The molecule has 1 fully saturated rings. The number of urea groups is 1. The number of hydrogen-bond donors (Lipinski definition) is 3. The van der Waals surface area contributed by atoms with Gasteiger partial charge in [-0.15, -0.1) is 0 Å². The Labute approximate surface area is 231 Å². The molecule has 0 spiro atoms. The summed E-state index contributed by atoms with van der Waals surface area (Å²) in [6, 6.07) is 13.0. The number of fused-ring (bicyclic) bond motifs is 1. The highest BCUT2D eigenvalue weighted by atomic mass is 16.5. The Bertz CT molecular complexity index is 1060. The molecule has 4 rings (SSSR count). The monoisotopic (exact) mass is 537 g/mol. The number of nitrogens with one attached hydrogen (secondary N) is 2. The summed E-state index contributed by atoms with van der Waals surface area (Å²) in [6.45, 7) is 3.56. The fourth-order valence-electron chi connectivity index (χ4n) is 5.05. The van der Waals surface area contributed by atoms with Crippen LogP contribution in [-0.2, 0) is 17.6 Å². The van der Waals surface area contributed by atoms with Gasteiger partial charge in [-0.05, 0) is 88.1 Å². The highest BCUT2D eigenvalue weighted by Gasteiger charge is 2.28. The molecule has 39 heavy (non-hydrogen) atoms. The van der Waals surface area contributed by atoms with E-state index in [-0.39, 0.29) is 12.1 Å². The zero-order valence-corrected chi connectivity index (χ0v) is 23.1. The van der Waals surface area contributed by atoms with Gasteiger partial charge in [0.15, 0.2) is 0 Å². The van der Waals surface area contributed by atoms with Crippen molar-refractivity contribution in [2.75, 3.05) is 45.2 Å². The first-order chi connectivity index (χ1) is 19.0. The molecule has 1 aromatic carbocycles. The predicted molar refractivity (Wildman–Crippen MR) is 152 cm³/mol. The van der Waals surface area contributed by atoms with Crippen molar-refractivity contribution in [2.45, 2.75) is 69.9 Å². The topological polar surface area (TPSA) is 107 Å². The molecule has 1 aromatic heterocycles. The first kappa shape index (κ1) is 28.7. The molecule has 2 aromatic rings. The number of para-hydroxylation sites is 1. The Kier molecular flexibility index (Phi) is 10.8. The third-order valence-electron chi connectivity index (χ3n) is 7.80. The lowest BCUT2D eigenvalue weighted by Crippen LogP contribution is -2.52. The van der Waals surface area contributed by atoms with Crippen molar-refractivity contribution in [1.82, 2.24) is 20.1 Å². The number of amides is 2. The quantitative estimate of drug-likeness (QED) is 0.293. The number of aromatic nitrogens is 1. The minimum atomic E-state index is -1.00. The van der Waals surface area contributed by atoms with Crippen molar-refractivity contribution in [1.29, 1.82) is 0 Å². The predicted octanol–water partition coefficient (Wildman–Crippen LogP) is 4.18. The zero-order chi connectivity index (χ0) is 27.5. The normalized spacial score (nSPS) is 15.5. The Hall–Kier alpha value is -3.33. The minimum absolute atomic E-state index is 0.214. The van der Waals surface area contributed by atoms with E-state index in [1.54, 1.807) is 11.9 Å². The highest BCUT2D eigenvalue weighted by molar-refractivity contribution is 5.82. The number of nitrogens with zero attached hydrogens (tertiary/aromatic N) is 3. The van der Waals surface area contributed by atoms with Gasteiger partial charge in [0.1, 0.15) is 24.2 Å². The summed E-state index contributed by atoms with van der Waals surface area (Å²) in [6.07, 6.45) is 8.52. The van der Waals surface area contributed by atoms with Gasteiger partial charge in [0, 0.05) is 38.4 Å². The smallest absolute Gasteiger partial charge is 0.326 e. The van der Waals surface area contributed by atoms with Crippen molar-refractivity contribution in [3.63, 3.8) is 0 Å². The van der Waals surface area contributed by atoms with Gasteiger partial charge in [-0.3, -0.25) is 4.90 Å². The average Bonchev–Trinajstić information content (AvgIpc) is 2.92. The van der Waals surface area contributed by atoms with Gasteiger partial charge in [0.05, 0.1) is 0 Å². The lowest BCUT2D eigenvalue weighted by atomic mass is 9.92. The van der Waals surface area contributed by atoms with Crippen molar-refractivity contribution in [2.24, 2.45) is 0 Å². The molecule has 1 aliphatic heterocycles. The van der Waals surface area contributed by atoms with Gasteiger partial charge in [0.25, 0.3) is 0 Å². The fourth-order valence-corrected chi connectivity index (χ4v) is 5.05. The van der Waals surface area contributed by atoms with Crippen molar-refractivity contribution in [3.05, 3.63) is 53.7 Å². The first-order valence-electron chi connectivity index (χ1n) is 14.4. The number of carbonyl (C=O) groups is 2. The molecule has 0 saturated heterocycles. The summed E-state index contributed by atoms with van der Waals surface area (Å²) in [7, 11) is 1.75. The average molecular weight is 538 g/mol. The van der Waals surface area contributed by atoms with Gasteiger partial charge >= 0.3 is 12.0 Å². The number of hydrogen-bond acceptors (Lipinski definition) is 6. The molecular weight excluding hydrogens is 494 g/mol. The number of aliphatic carboxylic acids is 1. The lowest BCUT2D eigenvalue weighted by molar-refractivity contribution is -0.139. The Morgan fingerprint density at radius 3 is 2.67 bits per heavy atom. The number of ether oxygens (including phenoxy) is 1. The summed E-state index contributed by atoms with van der Waals surface area (Å²) in [5.74, 6) is 0.848. The fraction of sp³-hybridized carbons (Fsp3) is 0.567. The Balaban J connectivity index is 1.27. The second-order valence-electron chi connectivity index (χ2n) is 10.6. The molecule has 1 saturated carbocycles. The summed E-state index contributed by atoms with van der Waals surface area (Å²) < 4.78 is 5.91. The standard InChI is InChI=1S/C30H43N5O4/c1-34(25-11-7-12-25)30(38)33-27(29(36)37)17-20-35(21-22-39-26-13-3-2-4-14-26)19-6-5-10-24-16-15-23-9-8-18-31-28(23)32-24/h2-4,13-16,25,27H,5-12,17-22H2,1H3,(H,31,32)(H,33,38)(H,36,37)/t27-/m0/s1. The van der Waals surface area contributed by atoms with Crippen LogP contribution >= 0.6 is 0 Å². The summed E-state index contributed by atoms with van der Waals surface area (Å²) in [5, 5.41) is 15.9. The van der Waals surface area contributed by atoms with Gasteiger partial charge in [-0.2, -0.15) is 0 Å². The maximum absolute atomic E-state index is 12.6. The number of rotatable bonds is 15. The third kappa shape index (κ3) is 8.85. The van der Waals surface area contributed by atoms with E-state index in [1.165, 1.54) is 5.56 Å². The van der Waals surface area contributed by atoms with Crippen molar-refractivity contribution in [3.8, 4) is 5.75 Å². The van der Waals surface area contributed by atoms with E-state index in [1.807, 2.05) is 30.3 Å². The maximum Gasteiger partial charge on any atom is 0.326 e.